The maximum atomic E-state index is 2.32. The van der Waals surface area contributed by atoms with E-state index in [4.69, 9.17) is 0 Å². The Morgan fingerprint density at radius 2 is 1.14 bits per heavy atom. The molecule has 0 saturated heterocycles. The lowest BCUT2D eigenvalue weighted by molar-refractivity contribution is 0.567. The van der Waals surface area contributed by atoms with Crippen LogP contribution in [0.5, 0.6) is 0 Å². The molecule has 0 spiro atoms. The highest BCUT2D eigenvalue weighted by atomic mass is 14.1. The van der Waals surface area contributed by atoms with Gasteiger partial charge >= 0.3 is 0 Å². The monoisotopic (exact) mass is 197 g/mol. The van der Waals surface area contributed by atoms with E-state index in [0.29, 0.717) is 0 Å². The Morgan fingerprint density at radius 3 is 1.64 bits per heavy atom. The van der Waals surface area contributed by atoms with Crippen LogP contribution in [-0.4, -0.2) is 0 Å². The fourth-order valence-corrected chi connectivity index (χ4v) is 1.91. The summed E-state index contributed by atoms with van der Waals surface area (Å²) >= 11 is 0. The fraction of sp³-hybridized carbons (Fsp3) is 0.929. The highest BCUT2D eigenvalue weighted by Crippen LogP contribution is 2.22. The predicted octanol–water partition coefficient (Wildman–Crippen LogP) is 5.52. The van der Waals surface area contributed by atoms with Gasteiger partial charge in [-0.15, -0.1) is 0 Å². The van der Waals surface area contributed by atoms with E-state index in [-0.39, 0.29) is 0 Å². The third kappa shape index (κ3) is 8.59. The Morgan fingerprint density at radius 1 is 0.643 bits per heavy atom. The molecule has 0 N–H and O–H groups in total. The van der Waals surface area contributed by atoms with Crippen LogP contribution in [0.25, 0.3) is 0 Å². The van der Waals surface area contributed by atoms with Crippen LogP contribution in [0.4, 0.5) is 0 Å². The zero-order chi connectivity index (χ0) is 10.6. The minimum absolute atomic E-state index is 1.32. The summed E-state index contributed by atoms with van der Waals surface area (Å²) in [6.07, 6.45) is 14.0. The Labute approximate surface area is 91.5 Å². The number of unbranched alkanes of at least 4 members (excludes halogenated alkanes) is 5. The summed E-state index contributed by atoms with van der Waals surface area (Å²) in [5, 5.41) is 0. The zero-order valence-electron chi connectivity index (χ0n) is 10.6. The van der Waals surface area contributed by atoms with Crippen molar-refractivity contribution in [2.45, 2.75) is 85.0 Å². The summed E-state index contributed by atoms with van der Waals surface area (Å²) in [5.41, 5.74) is 0. The van der Waals surface area contributed by atoms with Crippen molar-refractivity contribution in [2.75, 3.05) is 0 Å². The van der Waals surface area contributed by atoms with E-state index in [1.807, 2.05) is 5.92 Å². The van der Waals surface area contributed by atoms with Crippen LogP contribution < -0.4 is 0 Å². The van der Waals surface area contributed by atoms with Crippen LogP contribution in [0.1, 0.15) is 85.0 Å². The first-order valence-corrected chi connectivity index (χ1v) is 6.68. The normalized spacial score (nSPS) is 11.1. The molecule has 0 fully saturated rings. The van der Waals surface area contributed by atoms with E-state index in [1.54, 1.807) is 0 Å². The average molecular weight is 197 g/mol. The van der Waals surface area contributed by atoms with Crippen molar-refractivity contribution in [3.8, 4) is 0 Å². The second-order valence-electron chi connectivity index (χ2n) is 4.37. The molecule has 0 aliphatic rings. The first kappa shape index (κ1) is 14.0. The molecule has 0 heteroatoms. The van der Waals surface area contributed by atoms with Crippen molar-refractivity contribution in [2.24, 2.45) is 0 Å². The fourth-order valence-electron chi connectivity index (χ4n) is 1.91. The first-order chi connectivity index (χ1) is 6.85. The molecule has 0 aliphatic heterocycles. The van der Waals surface area contributed by atoms with E-state index in [1.165, 1.54) is 64.2 Å². The van der Waals surface area contributed by atoms with Gasteiger partial charge in [0, 0.05) is 0 Å². The Hall–Kier alpha value is 0. The van der Waals surface area contributed by atoms with E-state index in [9.17, 15) is 0 Å². The van der Waals surface area contributed by atoms with Crippen molar-refractivity contribution in [3.63, 3.8) is 0 Å². The Balaban J connectivity index is 3.28. The quantitative estimate of drug-likeness (QED) is 0.404. The van der Waals surface area contributed by atoms with Gasteiger partial charge in [0.1, 0.15) is 0 Å². The lowest BCUT2D eigenvalue weighted by atomic mass is 9.93. The van der Waals surface area contributed by atoms with Gasteiger partial charge in [0.15, 0.2) is 0 Å². The van der Waals surface area contributed by atoms with Crippen molar-refractivity contribution < 1.29 is 0 Å². The second-order valence-corrected chi connectivity index (χ2v) is 4.37. The summed E-state index contributed by atoms with van der Waals surface area (Å²) < 4.78 is 0. The van der Waals surface area contributed by atoms with Gasteiger partial charge < -0.3 is 0 Å². The van der Waals surface area contributed by atoms with Crippen LogP contribution in [0.15, 0.2) is 0 Å². The minimum atomic E-state index is 1.32. The van der Waals surface area contributed by atoms with Crippen molar-refractivity contribution in [1.82, 2.24) is 0 Å². The molecule has 85 valence electrons. The Bertz CT molecular complexity index is 96.2. The number of hydrogen-bond donors (Lipinski definition) is 0. The molecule has 0 rings (SSSR count). The molecule has 0 bridgehead atoms. The molecule has 0 amide bonds. The van der Waals surface area contributed by atoms with Gasteiger partial charge in [-0.1, -0.05) is 65.7 Å². The lowest BCUT2D eigenvalue weighted by Gasteiger charge is -2.13. The van der Waals surface area contributed by atoms with Gasteiger partial charge in [0.2, 0.25) is 0 Å². The van der Waals surface area contributed by atoms with E-state index < -0.39 is 0 Å². The standard InChI is InChI=1S/C14H29/c1-4-7-9-11-13-14(6-3)12-10-8-5-2/h4-13H2,1-3H3. The molecule has 0 atom stereocenters. The zero-order valence-corrected chi connectivity index (χ0v) is 10.6. The molecule has 0 nitrogen and oxygen atoms in total. The first-order valence-electron chi connectivity index (χ1n) is 6.68. The average Bonchev–Trinajstić information content (AvgIpc) is 2.22. The summed E-state index contributed by atoms with van der Waals surface area (Å²) in [5.74, 6) is 1.81. The highest BCUT2D eigenvalue weighted by molar-refractivity contribution is 4.87. The summed E-state index contributed by atoms with van der Waals surface area (Å²) in [6, 6.07) is 0. The van der Waals surface area contributed by atoms with Crippen molar-refractivity contribution in [1.29, 1.82) is 0 Å². The van der Waals surface area contributed by atoms with Gasteiger partial charge in [-0.05, 0) is 25.2 Å². The molecular weight excluding hydrogens is 168 g/mol. The van der Waals surface area contributed by atoms with Crippen LogP contribution in [-0.2, 0) is 0 Å². The van der Waals surface area contributed by atoms with E-state index in [2.05, 4.69) is 20.8 Å². The van der Waals surface area contributed by atoms with Gasteiger partial charge in [-0.2, -0.15) is 0 Å². The molecule has 0 aliphatic carbocycles. The van der Waals surface area contributed by atoms with E-state index >= 15 is 0 Å². The molecule has 1 radical (unpaired) electrons. The number of hydrogen-bond acceptors (Lipinski definition) is 0. The van der Waals surface area contributed by atoms with Crippen LogP contribution in [0, 0.1) is 5.92 Å². The molecule has 0 aromatic carbocycles. The lowest BCUT2D eigenvalue weighted by Crippen LogP contribution is -1.96. The summed E-state index contributed by atoms with van der Waals surface area (Å²) in [6.45, 7) is 6.89. The van der Waals surface area contributed by atoms with Crippen LogP contribution >= 0.6 is 0 Å². The molecule has 0 unspecified atom stereocenters. The predicted molar refractivity (Wildman–Crippen MR) is 66.4 cm³/mol. The Kier molecular flexibility index (Phi) is 11.1. The van der Waals surface area contributed by atoms with E-state index in [0.717, 1.165) is 0 Å². The number of rotatable bonds is 10. The van der Waals surface area contributed by atoms with Gasteiger partial charge in [-0.25, -0.2) is 0 Å². The van der Waals surface area contributed by atoms with Gasteiger partial charge in [0.05, 0.1) is 0 Å². The SMILES string of the molecule is CCCCCC[C](CC)CCCCC. The molecule has 0 aromatic heterocycles. The maximum Gasteiger partial charge on any atom is -0.0244 e. The van der Waals surface area contributed by atoms with Gasteiger partial charge in [0.25, 0.3) is 0 Å². The third-order valence-corrected chi connectivity index (χ3v) is 3.02. The van der Waals surface area contributed by atoms with Gasteiger partial charge in [-0.3, -0.25) is 0 Å². The summed E-state index contributed by atoms with van der Waals surface area (Å²) in [4.78, 5) is 0. The minimum Gasteiger partial charge on any atom is -0.0654 e. The smallest absolute Gasteiger partial charge is 0.0244 e. The topological polar surface area (TPSA) is 0 Å². The van der Waals surface area contributed by atoms with Crippen molar-refractivity contribution in [3.05, 3.63) is 5.92 Å². The molecular formula is C14H29. The second kappa shape index (κ2) is 11.1. The van der Waals surface area contributed by atoms with Crippen LogP contribution in [0.3, 0.4) is 0 Å². The third-order valence-electron chi connectivity index (χ3n) is 3.02. The molecule has 0 aromatic rings. The van der Waals surface area contributed by atoms with Crippen molar-refractivity contribution >= 4 is 0 Å². The largest absolute Gasteiger partial charge is 0.0654 e. The maximum absolute atomic E-state index is 2.32. The van der Waals surface area contributed by atoms with Crippen LogP contribution in [0.2, 0.25) is 0 Å². The molecule has 14 heavy (non-hydrogen) atoms. The highest BCUT2D eigenvalue weighted by Gasteiger charge is 2.05. The summed E-state index contributed by atoms with van der Waals surface area (Å²) in [7, 11) is 0. The molecule has 0 heterocycles. The molecule has 0 saturated carbocycles.